The van der Waals surface area contributed by atoms with Crippen LogP contribution in [0.15, 0.2) is 36.4 Å². The molecule has 110 valence electrons. The molecule has 0 radical (unpaired) electrons. The topological polar surface area (TPSA) is 55.2 Å². The van der Waals surface area contributed by atoms with Crippen molar-refractivity contribution in [1.29, 1.82) is 0 Å². The lowest BCUT2D eigenvalue weighted by Crippen LogP contribution is -2.09. The van der Waals surface area contributed by atoms with Crippen LogP contribution in [0.2, 0.25) is 5.02 Å². The minimum Gasteiger partial charge on any atom is -0.373 e. The number of nitrogens with zero attached hydrogens (tertiary/aromatic N) is 1. The Hall–Kier alpha value is -2.21. The van der Waals surface area contributed by atoms with E-state index in [-0.39, 0.29) is 16.4 Å². The summed E-state index contributed by atoms with van der Waals surface area (Å²) in [6, 6.07) is 6.87. The van der Waals surface area contributed by atoms with Crippen LogP contribution in [0.3, 0.4) is 0 Å². The fourth-order valence-corrected chi connectivity index (χ4v) is 2.00. The lowest BCUT2D eigenvalue weighted by atomic mass is 10.1. The lowest BCUT2D eigenvalue weighted by molar-refractivity contribution is -0.384. The molecular weight excluding hydrogens is 302 g/mol. The molecule has 0 spiro atoms. The molecule has 1 unspecified atom stereocenters. The Morgan fingerprint density at radius 3 is 2.57 bits per heavy atom. The number of benzene rings is 2. The zero-order chi connectivity index (χ0) is 15.6. The summed E-state index contributed by atoms with van der Waals surface area (Å²) in [5.41, 5.74) is 0.316. The summed E-state index contributed by atoms with van der Waals surface area (Å²) < 4.78 is 26.7. The van der Waals surface area contributed by atoms with Crippen molar-refractivity contribution in [2.24, 2.45) is 0 Å². The van der Waals surface area contributed by atoms with Crippen LogP contribution in [0.1, 0.15) is 18.5 Å². The van der Waals surface area contributed by atoms with Crippen LogP contribution in [-0.4, -0.2) is 4.92 Å². The summed E-state index contributed by atoms with van der Waals surface area (Å²) in [6.07, 6.45) is 0. The third-order valence-corrected chi connectivity index (χ3v) is 3.28. The van der Waals surface area contributed by atoms with Crippen LogP contribution in [-0.2, 0) is 0 Å². The van der Waals surface area contributed by atoms with E-state index in [4.69, 9.17) is 11.6 Å². The van der Waals surface area contributed by atoms with Crippen molar-refractivity contribution in [1.82, 2.24) is 0 Å². The standard InChI is InChI=1S/C14H11ClF2N2O2/c1-8(9-2-4-11(15)12(17)6-9)18-13-7-10(16)3-5-14(13)19(20)21/h2-8,18H,1H3. The fraction of sp³-hybridized carbons (Fsp3) is 0.143. The lowest BCUT2D eigenvalue weighted by Gasteiger charge is -2.16. The zero-order valence-electron chi connectivity index (χ0n) is 10.9. The molecule has 0 saturated heterocycles. The van der Waals surface area contributed by atoms with E-state index in [1.807, 2.05) is 0 Å². The average Bonchev–Trinajstić information content (AvgIpc) is 2.41. The highest BCUT2D eigenvalue weighted by Crippen LogP contribution is 2.29. The van der Waals surface area contributed by atoms with Gasteiger partial charge in [-0.1, -0.05) is 17.7 Å². The van der Waals surface area contributed by atoms with Gasteiger partial charge in [0, 0.05) is 18.2 Å². The van der Waals surface area contributed by atoms with Crippen molar-refractivity contribution in [2.45, 2.75) is 13.0 Å². The Morgan fingerprint density at radius 2 is 1.95 bits per heavy atom. The quantitative estimate of drug-likeness (QED) is 0.657. The molecule has 0 aliphatic heterocycles. The number of nitrogens with one attached hydrogen (secondary N) is 1. The molecule has 4 nitrogen and oxygen atoms in total. The monoisotopic (exact) mass is 312 g/mol. The smallest absolute Gasteiger partial charge is 0.292 e. The largest absolute Gasteiger partial charge is 0.373 e. The zero-order valence-corrected chi connectivity index (χ0v) is 11.7. The molecule has 1 atom stereocenters. The van der Waals surface area contributed by atoms with Crippen LogP contribution in [0.5, 0.6) is 0 Å². The predicted octanol–water partition coefficient (Wildman–Crippen LogP) is 4.70. The summed E-state index contributed by atoms with van der Waals surface area (Å²) in [4.78, 5) is 10.3. The molecule has 0 aromatic heterocycles. The second kappa shape index (κ2) is 6.05. The fourth-order valence-electron chi connectivity index (χ4n) is 1.88. The number of rotatable bonds is 4. The van der Waals surface area contributed by atoms with Crippen LogP contribution < -0.4 is 5.32 Å². The first-order valence-corrected chi connectivity index (χ1v) is 6.41. The van der Waals surface area contributed by atoms with Gasteiger partial charge >= 0.3 is 0 Å². The molecule has 0 bridgehead atoms. The second-order valence-corrected chi connectivity index (χ2v) is 4.87. The average molecular weight is 313 g/mol. The highest BCUT2D eigenvalue weighted by Gasteiger charge is 2.17. The summed E-state index contributed by atoms with van der Waals surface area (Å²) in [5, 5.41) is 13.7. The highest BCUT2D eigenvalue weighted by atomic mass is 35.5. The Kier molecular flexibility index (Phi) is 4.37. The van der Waals surface area contributed by atoms with Gasteiger partial charge in [-0.25, -0.2) is 8.78 Å². The van der Waals surface area contributed by atoms with E-state index in [0.717, 1.165) is 18.2 Å². The van der Waals surface area contributed by atoms with Crippen LogP contribution in [0.4, 0.5) is 20.2 Å². The van der Waals surface area contributed by atoms with Gasteiger partial charge in [-0.3, -0.25) is 10.1 Å². The van der Waals surface area contributed by atoms with Gasteiger partial charge in [0.25, 0.3) is 5.69 Å². The first kappa shape index (κ1) is 15.2. The molecule has 7 heteroatoms. The SMILES string of the molecule is CC(Nc1cc(F)ccc1[N+](=O)[O-])c1ccc(Cl)c(F)c1. The molecular formula is C14H11ClF2N2O2. The Morgan fingerprint density at radius 1 is 1.24 bits per heavy atom. The number of hydrogen-bond acceptors (Lipinski definition) is 3. The minimum absolute atomic E-state index is 0.0114. The normalized spacial score (nSPS) is 12.0. The highest BCUT2D eigenvalue weighted by molar-refractivity contribution is 6.30. The van der Waals surface area contributed by atoms with Gasteiger partial charge in [-0.2, -0.15) is 0 Å². The Bertz CT molecular complexity index is 695. The summed E-state index contributed by atoms with van der Waals surface area (Å²) >= 11 is 5.60. The molecule has 0 heterocycles. The molecule has 2 aromatic rings. The van der Waals surface area contributed by atoms with Gasteiger partial charge in [0.1, 0.15) is 17.3 Å². The number of nitro groups is 1. The maximum absolute atomic E-state index is 13.4. The first-order valence-electron chi connectivity index (χ1n) is 6.04. The molecule has 0 aliphatic rings. The van der Waals surface area contributed by atoms with Crippen LogP contribution >= 0.6 is 11.6 Å². The number of hydrogen-bond donors (Lipinski definition) is 1. The maximum Gasteiger partial charge on any atom is 0.292 e. The van der Waals surface area contributed by atoms with Crippen molar-refractivity contribution >= 4 is 23.0 Å². The van der Waals surface area contributed by atoms with Gasteiger partial charge in [0.15, 0.2) is 0 Å². The van der Waals surface area contributed by atoms with Crippen molar-refractivity contribution in [3.63, 3.8) is 0 Å². The van der Waals surface area contributed by atoms with E-state index < -0.39 is 22.6 Å². The summed E-state index contributed by atoms with van der Waals surface area (Å²) in [5.74, 6) is -1.19. The van der Waals surface area contributed by atoms with Gasteiger partial charge < -0.3 is 5.32 Å². The van der Waals surface area contributed by atoms with Gasteiger partial charge in [0.05, 0.1) is 9.95 Å². The minimum atomic E-state index is -0.614. The molecule has 2 aromatic carbocycles. The van der Waals surface area contributed by atoms with E-state index in [9.17, 15) is 18.9 Å². The second-order valence-electron chi connectivity index (χ2n) is 4.46. The molecule has 1 N–H and O–H groups in total. The van der Waals surface area contributed by atoms with Crippen molar-refractivity contribution < 1.29 is 13.7 Å². The summed E-state index contributed by atoms with van der Waals surface area (Å²) in [7, 11) is 0. The van der Waals surface area contributed by atoms with Crippen molar-refractivity contribution in [3.05, 3.63) is 68.7 Å². The molecule has 21 heavy (non-hydrogen) atoms. The van der Waals surface area contributed by atoms with E-state index in [1.54, 1.807) is 13.0 Å². The molecule has 0 saturated carbocycles. The van der Waals surface area contributed by atoms with Gasteiger partial charge in [-0.05, 0) is 30.7 Å². The van der Waals surface area contributed by atoms with Crippen LogP contribution in [0, 0.1) is 21.7 Å². The Labute approximate surface area is 124 Å². The van der Waals surface area contributed by atoms with Crippen molar-refractivity contribution in [3.8, 4) is 0 Å². The number of halogens is 3. The van der Waals surface area contributed by atoms with E-state index in [2.05, 4.69) is 5.32 Å². The van der Waals surface area contributed by atoms with Gasteiger partial charge in [-0.15, -0.1) is 0 Å². The first-order chi connectivity index (χ1) is 9.88. The number of nitro benzene ring substituents is 1. The van der Waals surface area contributed by atoms with Crippen LogP contribution in [0.25, 0.3) is 0 Å². The third-order valence-electron chi connectivity index (χ3n) is 2.97. The maximum atomic E-state index is 13.4. The van der Waals surface area contributed by atoms with Gasteiger partial charge in [0.2, 0.25) is 0 Å². The molecule has 2 rings (SSSR count). The molecule has 0 amide bonds. The third kappa shape index (κ3) is 3.46. The summed E-state index contributed by atoms with van der Waals surface area (Å²) in [6.45, 7) is 1.68. The van der Waals surface area contributed by atoms with E-state index in [1.165, 1.54) is 12.1 Å². The number of anilines is 1. The molecule has 0 aliphatic carbocycles. The van der Waals surface area contributed by atoms with E-state index >= 15 is 0 Å². The Balaban J connectivity index is 2.30. The van der Waals surface area contributed by atoms with E-state index in [0.29, 0.717) is 5.56 Å². The predicted molar refractivity (Wildman–Crippen MR) is 76.5 cm³/mol. The van der Waals surface area contributed by atoms with Crippen molar-refractivity contribution in [2.75, 3.05) is 5.32 Å². The molecule has 0 fully saturated rings.